The van der Waals surface area contributed by atoms with Crippen LogP contribution in [-0.4, -0.2) is 37.2 Å². The molecule has 0 aliphatic carbocycles. The van der Waals surface area contributed by atoms with E-state index >= 15 is 0 Å². The van der Waals surface area contributed by atoms with E-state index in [0.29, 0.717) is 19.3 Å². The summed E-state index contributed by atoms with van der Waals surface area (Å²) in [5.74, 6) is -0.870. The quantitative estimate of drug-likeness (QED) is 0.0262. The van der Waals surface area contributed by atoms with Gasteiger partial charge in [0.15, 0.2) is 6.10 Å². The summed E-state index contributed by atoms with van der Waals surface area (Å²) in [6, 6.07) is 0. The van der Waals surface area contributed by atoms with Crippen LogP contribution in [0.3, 0.4) is 0 Å². The van der Waals surface area contributed by atoms with Crippen molar-refractivity contribution in [1.29, 1.82) is 0 Å². The fraction of sp³-hybridized carbons (Fsp3) is 0.877. The highest BCUT2D eigenvalue weighted by Gasteiger charge is 2.19. The van der Waals surface area contributed by atoms with Gasteiger partial charge in [0.25, 0.3) is 0 Å². The van der Waals surface area contributed by atoms with Gasteiger partial charge in [-0.15, -0.1) is 0 Å². The molecule has 0 rings (SSSR count). The number of unbranched alkanes of at least 4 members (excludes halogenated alkanes) is 36. The number of hydrogen-bond donors (Lipinski definition) is 0. The molecule has 0 aliphatic heterocycles. The summed E-state index contributed by atoms with van der Waals surface area (Å²) in [7, 11) is 0. The van der Waals surface area contributed by atoms with Gasteiger partial charge in [-0.3, -0.25) is 14.4 Å². The Morgan fingerprint density at radius 3 is 0.857 bits per heavy atom. The van der Waals surface area contributed by atoms with Gasteiger partial charge in [0.1, 0.15) is 13.2 Å². The van der Waals surface area contributed by atoms with E-state index < -0.39 is 6.10 Å². The van der Waals surface area contributed by atoms with Gasteiger partial charge in [-0.25, -0.2) is 0 Å². The van der Waals surface area contributed by atoms with Crippen LogP contribution in [0.4, 0.5) is 0 Å². The molecule has 0 N–H and O–H groups in total. The smallest absolute Gasteiger partial charge is 0.306 e. The number of ether oxygens (including phenoxy) is 3. The van der Waals surface area contributed by atoms with E-state index in [-0.39, 0.29) is 31.1 Å². The van der Waals surface area contributed by atoms with Crippen molar-refractivity contribution >= 4 is 17.9 Å². The van der Waals surface area contributed by atoms with Crippen LogP contribution in [0, 0.1) is 0 Å². The zero-order chi connectivity index (χ0) is 45.8. The summed E-state index contributed by atoms with van der Waals surface area (Å²) in [6.45, 7) is 6.59. The molecular weight excluding hydrogens is 781 g/mol. The molecule has 1 unspecified atom stereocenters. The molecule has 0 aromatic heterocycles. The van der Waals surface area contributed by atoms with Crippen LogP contribution in [0.5, 0.6) is 0 Å². The molecule has 0 aromatic rings. The molecular formula is C57H106O6. The van der Waals surface area contributed by atoms with Crippen molar-refractivity contribution in [2.75, 3.05) is 13.2 Å². The monoisotopic (exact) mass is 887 g/mol. The molecule has 0 spiro atoms. The van der Waals surface area contributed by atoms with Crippen LogP contribution in [0.15, 0.2) is 24.3 Å². The first-order valence-electron chi connectivity index (χ1n) is 27.8. The Morgan fingerprint density at radius 2 is 0.556 bits per heavy atom. The Bertz CT molecular complexity index is 1020. The van der Waals surface area contributed by atoms with Gasteiger partial charge in [0.2, 0.25) is 0 Å². The van der Waals surface area contributed by atoms with E-state index in [4.69, 9.17) is 14.2 Å². The summed E-state index contributed by atoms with van der Waals surface area (Å²) in [5, 5.41) is 0. The highest BCUT2D eigenvalue weighted by atomic mass is 16.6. The molecule has 63 heavy (non-hydrogen) atoms. The molecule has 0 aromatic carbocycles. The third-order valence-electron chi connectivity index (χ3n) is 12.4. The number of hydrogen-bond acceptors (Lipinski definition) is 6. The summed E-state index contributed by atoms with van der Waals surface area (Å²) in [5.41, 5.74) is 0. The predicted octanol–water partition coefficient (Wildman–Crippen LogP) is 18.3. The summed E-state index contributed by atoms with van der Waals surface area (Å²) >= 11 is 0. The standard InChI is InChI=1S/C57H106O6/c1-4-7-10-13-16-19-22-23-24-25-26-27-28-29-30-31-32-33-34-35-36-39-41-44-47-50-56(59)62-53-54(63-57(60)51-48-45-42-38-21-18-15-12-9-6-3)52-61-55(58)49-46-43-40-37-20-17-14-11-8-5-2/h12,15,25-26,54H,4-11,13-14,16-24,27-53H2,1-3H3/b15-12-,26-25-. The van der Waals surface area contributed by atoms with Gasteiger partial charge in [-0.1, -0.05) is 244 Å². The van der Waals surface area contributed by atoms with Crippen LogP contribution >= 0.6 is 0 Å². The minimum Gasteiger partial charge on any atom is -0.462 e. The molecule has 0 amide bonds. The zero-order valence-corrected chi connectivity index (χ0v) is 42.4. The maximum Gasteiger partial charge on any atom is 0.306 e. The van der Waals surface area contributed by atoms with Crippen LogP contribution < -0.4 is 0 Å². The SMILES string of the molecule is CCC/C=C\CCCCCCCC(=O)OC(COC(=O)CCCCCCCCCCCC)COC(=O)CCCCCCCCCCCCCCC/C=C\CCCCCCCCCC. The molecule has 0 heterocycles. The topological polar surface area (TPSA) is 78.9 Å². The Labute approximate surface area is 392 Å². The second kappa shape index (κ2) is 52.5. The van der Waals surface area contributed by atoms with Crippen molar-refractivity contribution in [3.8, 4) is 0 Å². The van der Waals surface area contributed by atoms with Gasteiger partial charge in [-0.2, -0.15) is 0 Å². The molecule has 0 radical (unpaired) electrons. The zero-order valence-electron chi connectivity index (χ0n) is 42.4. The first kappa shape index (κ1) is 60.9. The van der Waals surface area contributed by atoms with Gasteiger partial charge in [0, 0.05) is 19.3 Å². The van der Waals surface area contributed by atoms with Gasteiger partial charge < -0.3 is 14.2 Å². The van der Waals surface area contributed by atoms with Gasteiger partial charge in [0.05, 0.1) is 0 Å². The van der Waals surface area contributed by atoms with Crippen molar-refractivity contribution < 1.29 is 28.6 Å². The maximum absolute atomic E-state index is 12.7. The highest BCUT2D eigenvalue weighted by Crippen LogP contribution is 2.16. The van der Waals surface area contributed by atoms with Crippen molar-refractivity contribution in [3.05, 3.63) is 24.3 Å². The summed E-state index contributed by atoms with van der Waals surface area (Å²) < 4.78 is 16.8. The molecule has 6 heteroatoms. The summed E-state index contributed by atoms with van der Waals surface area (Å²) in [4.78, 5) is 37.9. The summed E-state index contributed by atoms with van der Waals surface area (Å²) in [6.07, 6.45) is 60.5. The van der Waals surface area contributed by atoms with Crippen LogP contribution in [-0.2, 0) is 28.6 Å². The predicted molar refractivity (Wildman–Crippen MR) is 270 cm³/mol. The number of allylic oxidation sites excluding steroid dienone is 4. The molecule has 0 saturated heterocycles. The van der Waals surface area contributed by atoms with Crippen LogP contribution in [0.25, 0.3) is 0 Å². The Kier molecular flexibility index (Phi) is 50.8. The lowest BCUT2D eigenvalue weighted by Gasteiger charge is -2.18. The van der Waals surface area contributed by atoms with E-state index in [2.05, 4.69) is 45.1 Å². The molecule has 1 atom stereocenters. The number of carbonyl (C=O) groups is 3. The lowest BCUT2D eigenvalue weighted by atomic mass is 10.0. The second-order valence-corrected chi connectivity index (χ2v) is 18.8. The third-order valence-corrected chi connectivity index (χ3v) is 12.4. The number of rotatable bonds is 51. The number of carbonyl (C=O) groups excluding carboxylic acids is 3. The molecule has 0 fully saturated rings. The van der Waals surface area contributed by atoms with E-state index in [1.807, 2.05) is 0 Å². The number of esters is 3. The van der Waals surface area contributed by atoms with Crippen LogP contribution in [0.1, 0.15) is 303 Å². The molecule has 0 saturated carbocycles. The van der Waals surface area contributed by atoms with Crippen molar-refractivity contribution in [1.82, 2.24) is 0 Å². The van der Waals surface area contributed by atoms with E-state index in [0.717, 1.165) is 77.0 Å². The van der Waals surface area contributed by atoms with E-state index in [9.17, 15) is 14.4 Å². The Morgan fingerprint density at radius 1 is 0.302 bits per heavy atom. The lowest BCUT2D eigenvalue weighted by molar-refractivity contribution is -0.167. The van der Waals surface area contributed by atoms with E-state index in [1.54, 1.807) is 0 Å². The maximum atomic E-state index is 12.7. The molecule has 0 aliphatic rings. The lowest BCUT2D eigenvalue weighted by Crippen LogP contribution is -2.30. The average Bonchev–Trinajstić information content (AvgIpc) is 3.28. The largest absolute Gasteiger partial charge is 0.462 e. The van der Waals surface area contributed by atoms with Crippen molar-refractivity contribution in [3.63, 3.8) is 0 Å². The minimum atomic E-state index is -0.769. The second-order valence-electron chi connectivity index (χ2n) is 18.8. The fourth-order valence-electron chi connectivity index (χ4n) is 8.21. The van der Waals surface area contributed by atoms with Crippen LogP contribution in [0.2, 0.25) is 0 Å². The fourth-order valence-corrected chi connectivity index (χ4v) is 8.21. The van der Waals surface area contributed by atoms with E-state index in [1.165, 1.54) is 186 Å². The first-order valence-corrected chi connectivity index (χ1v) is 27.8. The molecule has 0 bridgehead atoms. The van der Waals surface area contributed by atoms with Gasteiger partial charge >= 0.3 is 17.9 Å². The minimum absolute atomic E-state index is 0.0709. The Hall–Kier alpha value is -2.11. The molecule has 370 valence electrons. The average molecular weight is 887 g/mol. The third kappa shape index (κ3) is 50.7. The molecule has 6 nitrogen and oxygen atoms in total. The normalized spacial score (nSPS) is 12.1. The highest BCUT2D eigenvalue weighted by molar-refractivity contribution is 5.71. The first-order chi connectivity index (χ1) is 31.0. The Balaban J connectivity index is 4.10. The van der Waals surface area contributed by atoms with Gasteiger partial charge in [-0.05, 0) is 64.2 Å². The van der Waals surface area contributed by atoms with Crippen molar-refractivity contribution in [2.45, 2.75) is 309 Å². The van der Waals surface area contributed by atoms with Crippen molar-refractivity contribution in [2.24, 2.45) is 0 Å².